The van der Waals surface area contributed by atoms with Crippen LogP contribution in [0.4, 0.5) is 0 Å². The van der Waals surface area contributed by atoms with Crippen molar-refractivity contribution in [2.45, 2.75) is 6.42 Å². The van der Waals surface area contributed by atoms with Gasteiger partial charge in [-0.2, -0.15) is 0 Å². The first kappa shape index (κ1) is 19.6. The Morgan fingerprint density at radius 3 is 2.23 bits per heavy atom. The van der Waals surface area contributed by atoms with Crippen molar-refractivity contribution in [3.63, 3.8) is 0 Å². The van der Waals surface area contributed by atoms with Crippen LogP contribution in [0.2, 0.25) is 5.02 Å². The summed E-state index contributed by atoms with van der Waals surface area (Å²) in [7, 11) is 3.04. The molecule has 0 bridgehead atoms. The molecule has 7 heteroatoms. The van der Waals surface area contributed by atoms with Crippen LogP contribution in [0.25, 0.3) is 0 Å². The molecule has 0 heterocycles. The third-order valence-corrected chi connectivity index (χ3v) is 3.91. The largest absolute Gasteiger partial charge is 0.493 e. The van der Waals surface area contributed by atoms with Gasteiger partial charge in [0, 0.05) is 23.7 Å². The number of carbonyl (C=O) groups is 2. The lowest BCUT2D eigenvalue weighted by molar-refractivity contribution is -0.120. The Bertz CT molecular complexity index is 763. The fraction of sp³-hybridized carbons (Fsp3) is 0.263. The Balaban J connectivity index is 1.76. The number of halogens is 1. The average molecular weight is 377 g/mol. The molecule has 2 aromatic carbocycles. The molecule has 0 aliphatic heterocycles. The second kappa shape index (κ2) is 9.68. The van der Waals surface area contributed by atoms with Gasteiger partial charge in [0.1, 0.15) is 0 Å². The van der Waals surface area contributed by atoms with Gasteiger partial charge in [-0.25, -0.2) is 0 Å². The molecule has 6 nitrogen and oxygen atoms in total. The Labute approximate surface area is 157 Å². The van der Waals surface area contributed by atoms with E-state index in [1.807, 2.05) is 0 Å². The summed E-state index contributed by atoms with van der Waals surface area (Å²) in [5.41, 5.74) is 1.33. The zero-order chi connectivity index (χ0) is 18.9. The number of benzene rings is 2. The van der Waals surface area contributed by atoms with E-state index in [4.69, 9.17) is 21.1 Å². The highest BCUT2D eigenvalue weighted by Crippen LogP contribution is 2.27. The molecule has 0 saturated heterocycles. The van der Waals surface area contributed by atoms with Gasteiger partial charge in [-0.3, -0.25) is 9.59 Å². The van der Waals surface area contributed by atoms with Crippen LogP contribution >= 0.6 is 11.6 Å². The van der Waals surface area contributed by atoms with Gasteiger partial charge in [-0.05, 0) is 35.9 Å². The quantitative estimate of drug-likeness (QED) is 0.694. The molecule has 2 rings (SSSR count). The van der Waals surface area contributed by atoms with Crippen molar-refractivity contribution < 1.29 is 19.1 Å². The first-order valence-corrected chi connectivity index (χ1v) is 8.42. The van der Waals surface area contributed by atoms with E-state index in [1.54, 1.807) is 42.5 Å². The van der Waals surface area contributed by atoms with Crippen LogP contribution in [0.15, 0.2) is 42.5 Å². The number of hydrogen-bond acceptors (Lipinski definition) is 4. The fourth-order valence-corrected chi connectivity index (χ4v) is 2.43. The van der Waals surface area contributed by atoms with Gasteiger partial charge < -0.3 is 20.1 Å². The molecule has 2 N–H and O–H groups in total. The third-order valence-electron chi connectivity index (χ3n) is 3.66. The van der Waals surface area contributed by atoms with Gasteiger partial charge in [0.25, 0.3) is 5.91 Å². The summed E-state index contributed by atoms with van der Waals surface area (Å²) in [5.74, 6) is 0.667. The Kier molecular flexibility index (Phi) is 7.29. The maximum absolute atomic E-state index is 12.1. The van der Waals surface area contributed by atoms with Crippen LogP contribution < -0.4 is 20.1 Å². The van der Waals surface area contributed by atoms with E-state index in [2.05, 4.69) is 10.6 Å². The highest BCUT2D eigenvalue weighted by Gasteiger charge is 2.10. The number of ether oxygens (including phenoxy) is 2. The van der Waals surface area contributed by atoms with Crippen molar-refractivity contribution in [3.05, 3.63) is 58.6 Å². The predicted molar refractivity (Wildman–Crippen MR) is 100 cm³/mol. The van der Waals surface area contributed by atoms with E-state index < -0.39 is 0 Å². The fourth-order valence-electron chi connectivity index (χ4n) is 2.31. The van der Waals surface area contributed by atoms with Crippen LogP contribution in [0.5, 0.6) is 11.5 Å². The Morgan fingerprint density at radius 1 is 0.923 bits per heavy atom. The van der Waals surface area contributed by atoms with E-state index in [9.17, 15) is 9.59 Å². The van der Waals surface area contributed by atoms with Crippen molar-refractivity contribution in [2.24, 2.45) is 0 Å². The second-order valence-corrected chi connectivity index (χ2v) is 5.92. The summed E-state index contributed by atoms with van der Waals surface area (Å²) in [6.45, 7) is 0.658. The lowest BCUT2D eigenvalue weighted by Crippen LogP contribution is -2.35. The number of carbonyl (C=O) groups excluding carboxylic acids is 2. The molecule has 0 fully saturated rings. The molecule has 0 spiro atoms. The zero-order valence-electron chi connectivity index (χ0n) is 14.7. The maximum Gasteiger partial charge on any atom is 0.251 e. The SMILES string of the molecule is COc1ccc(C(=O)NCCNC(=O)Cc2ccc(Cl)cc2)cc1OC. The normalized spacial score (nSPS) is 10.1. The van der Waals surface area contributed by atoms with E-state index in [0.29, 0.717) is 35.2 Å². The molecule has 0 aliphatic carbocycles. The minimum Gasteiger partial charge on any atom is -0.493 e. The van der Waals surface area contributed by atoms with E-state index >= 15 is 0 Å². The molecule has 0 aliphatic rings. The first-order chi connectivity index (χ1) is 12.5. The van der Waals surface area contributed by atoms with Crippen molar-refractivity contribution in [3.8, 4) is 11.5 Å². The molecule has 138 valence electrons. The minimum absolute atomic E-state index is 0.118. The molecule has 0 aromatic heterocycles. The maximum atomic E-state index is 12.1. The number of rotatable bonds is 8. The van der Waals surface area contributed by atoms with Crippen LogP contribution in [0.3, 0.4) is 0 Å². The highest BCUT2D eigenvalue weighted by atomic mass is 35.5. The standard InChI is InChI=1S/C19H21ClN2O4/c1-25-16-8-5-14(12-17(16)26-2)19(24)22-10-9-21-18(23)11-13-3-6-15(20)7-4-13/h3-8,12H,9-11H2,1-2H3,(H,21,23)(H,22,24). The van der Waals surface area contributed by atoms with Gasteiger partial charge >= 0.3 is 0 Å². The lowest BCUT2D eigenvalue weighted by Gasteiger charge is -2.10. The van der Waals surface area contributed by atoms with Crippen LogP contribution in [0, 0.1) is 0 Å². The summed E-state index contributed by atoms with van der Waals surface area (Å²) in [5, 5.41) is 6.14. The molecule has 0 radical (unpaired) electrons. The monoisotopic (exact) mass is 376 g/mol. The third kappa shape index (κ3) is 5.67. The van der Waals surface area contributed by atoms with Crippen molar-refractivity contribution >= 4 is 23.4 Å². The second-order valence-electron chi connectivity index (χ2n) is 5.48. The summed E-state index contributed by atoms with van der Waals surface area (Å²) in [6.07, 6.45) is 0.265. The van der Waals surface area contributed by atoms with Gasteiger partial charge in [0.2, 0.25) is 5.91 Å². The van der Waals surface area contributed by atoms with E-state index in [1.165, 1.54) is 14.2 Å². The van der Waals surface area contributed by atoms with E-state index in [-0.39, 0.29) is 18.2 Å². The lowest BCUT2D eigenvalue weighted by atomic mass is 10.1. The van der Waals surface area contributed by atoms with Crippen LogP contribution in [-0.2, 0) is 11.2 Å². The summed E-state index contributed by atoms with van der Waals surface area (Å²) in [4.78, 5) is 24.0. The number of amides is 2. The van der Waals surface area contributed by atoms with Crippen molar-refractivity contribution in [2.75, 3.05) is 27.3 Å². The van der Waals surface area contributed by atoms with Crippen LogP contribution in [-0.4, -0.2) is 39.1 Å². The Morgan fingerprint density at radius 2 is 1.58 bits per heavy atom. The molecular formula is C19H21ClN2O4. The molecule has 0 saturated carbocycles. The van der Waals surface area contributed by atoms with Crippen molar-refractivity contribution in [1.29, 1.82) is 0 Å². The zero-order valence-corrected chi connectivity index (χ0v) is 15.4. The molecule has 26 heavy (non-hydrogen) atoms. The Hall–Kier alpha value is -2.73. The molecular weight excluding hydrogens is 356 g/mol. The highest BCUT2D eigenvalue weighted by molar-refractivity contribution is 6.30. The van der Waals surface area contributed by atoms with Gasteiger partial charge in [0.15, 0.2) is 11.5 Å². The van der Waals surface area contributed by atoms with Gasteiger partial charge in [-0.1, -0.05) is 23.7 Å². The van der Waals surface area contributed by atoms with Gasteiger partial charge in [-0.15, -0.1) is 0 Å². The first-order valence-electron chi connectivity index (χ1n) is 8.05. The molecule has 0 atom stereocenters. The average Bonchev–Trinajstić information content (AvgIpc) is 2.66. The van der Waals surface area contributed by atoms with Crippen molar-refractivity contribution in [1.82, 2.24) is 10.6 Å². The number of nitrogens with one attached hydrogen (secondary N) is 2. The molecule has 2 aromatic rings. The minimum atomic E-state index is -0.252. The van der Waals surface area contributed by atoms with E-state index in [0.717, 1.165) is 5.56 Å². The predicted octanol–water partition coefficient (Wildman–Crippen LogP) is 2.45. The topological polar surface area (TPSA) is 76.7 Å². The summed E-state index contributed by atoms with van der Waals surface area (Å²) >= 11 is 5.81. The molecule has 0 unspecified atom stereocenters. The van der Waals surface area contributed by atoms with Gasteiger partial charge in [0.05, 0.1) is 20.6 Å². The summed E-state index contributed by atoms with van der Waals surface area (Å²) in [6, 6.07) is 12.0. The van der Waals surface area contributed by atoms with Crippen LogP contribution in [0.1, 0.15) is 15.9 Å². The smallest absolute Gasteiger partial charge is 0.251 e. The number of hydrogen-bond donors (Lipinski definition) is 2. The summed E-state index contributed by atoms with van der Waals surface area (Å²) < 4.78 is 10.3. The molecule has 2 amide bonds. The number of methoxy groups -OCH3 is 2.